The number of hydrogen-bond donors (Lipinski definition) is 1. The molecule has 0 aliphatic carbocycles. The van der Waals surface area contributed by atoms with Gasteiger partial charge >= 0.3 is 0 Å². The van der Waals surface area contributed by atoms with E-state index in [2.05, 4.69) is 35.4 Å². The molecule has 3 nitrogen and oxygen atoms in total. The SMILES string of the molecule is Cn1nc(N)c2cc(-c3ccccc3)ccc21. The number of nitrogens with zero attached hydrogens (tertiary/aromatic N) is 2. The van der Waals surface area contributed by atoms with E-state index in [4.69, 9.17) is 5.73 Å². The summed E-state index contributed by atoms with van der Waals surface area (Å²) < 4.78 is 1.80. The summed E-state index contributed by atoms with van der Waals surface area (Å²) in [6.45, 7) is 0. The lowest BCUT2D eigenvalue weighted by Crippen LogP contribution is -1.91. The Kier molecular flexibility index (Phi) is 2.11. The van der Waals surface area contributed by atoms with Crippen molar-refractivity contribution in [3.63, 3.8) is 0 Å². The van der Waals surface area contributed by atoms with Crippen LogP contribution in [-0.2, 0) is 7.05 Å². The molecule has 0 aliphatic rings. The van der Waals surface area contributed by atoms with Gasteiger partial charge in [-0.1, -0.05) is 36.4 Å². The van der Waals surface area contributed by atoms with Gasteiger partial charge < -0.3 is 5.73 Å². The minimum atomic E-state index is 0.584. The van der Waals surface area contributed by atoms with E-state index in [1.165, 1.54) is 5.56 Å². The first-order valence-electron chi connectivity index (χ1n) is 5.53. The third kappa shape index (κ3) is 1.56. The second kappa shape index (κ2) is 3.63. The fourth-order valence-corrected chi connectivity index (χ4v) is 2.10. The fraction of sp³-hybridized carbons (Fsp3) is 0.0714. The van der Waals surface area contributed by atoms with E-state index in [1.807, 2.05) is 25.2 Å². The number of benzene rings is 2. The minimum absolute atomic E-state index is 0.584. The molecular formula is C14H13N3. The first kappa shape index (κ1) is 9.90. The number of rotatable bonds is 1. The van der Waals surface area contributed by atoms with Crippen LogP contribution in [0.4, 0.5) is 5.82 Å². The van der Waals surface area contributed by atoms with Crippen LogP contribution in [0.25, 0.3) is 22.0 Å². The second-order valence-electron chi connectivity index (χ2n) is 4.11. The maximum absolute atomic E-state index is 5.89. The number of aryl methyl sites for hydroxylation is 1. The quantitative estimate of drug-likeness (QED) is 0.689. The van der Waals surface area contributed by atoms with Crippen molar-refractivity contribution in [2.24, 2.45) is 7.05 Å². The van der Waals surface area contributed by atoms with Crippen LogP contribution in [-0.4, -0.2) is 9.78 Å². The number of aromatic nitrogens is 2. The summed E-state index contributed by atoms with van der Waals surface area (Å²) in [5.74, 6) is 0.584. The standard InChI is InChI=1S/C14H13N3/c1-17-13-8-7-11(9-12(13)14(15)16-17)10-5-3-2-4-6-10/h2-9H,1H3,(H2,15,16). The van der Waals surface area contributed by atoms with Crippen LogP contribution >= 0.6 is 0 Å². The third-order valence-corrected chi connectivity index (χ3v) is 2.99. The molecular weight excluding hydrogens is 210 g/mol. The molecule has 3 heteroatoms. The van der Waals surface area contributed by atoms with Crippen molar-refractivity contribution in [3.8, 4) is 11.1 Å². The highest BCUT2D eigenvalue weighted by Crippen LogP contribution is 2.26. The second-order valence-corrected chi connectivity index (χ2v) is 4.11. The summed E-state index contributed by atoms with van der Waals surface area (Å²) in [4.78, 5) is 0. The summed E-state index contributed by atoms with van der Waals surface area (Å²) in [5, 5.41) is 5.23. The monoisotopic (exact) mass is 223 g/mol. The molecule has 0 fully saturated rings. The predicted octanol–water partition coefficient (Wildman–Crippen LogP) is 2.82. The van der Waals surface area contributed by atoms with Gasteiger partial charge in [0.25, 0.3) is 0 Å². The lowest BCUT2D eigenvalue weighted by molar-refractivity contribution is 0.802. The number of nitrogen functional groups attached to an aromatic ring is 1. The van der Waals surface area contributed by atoms with E-state index < -0.39 is 0 Å². The summed E-state index contributed by atoms with van der Waals surface area (Å²) in [6, 6.07) is 16.5. The normalized spacial score (nSPS) is 10.9. The van der Waals surface area contributed by atoms with E-state index in [9.17, 15) is 0 Å². The Morgan fingerprint density at radius 2 is 1.76 bits per heavy atom. The van der Waals surface area contributed by atoms with E-state index in [0.29, 0.717) is 5.82 Å². The lowest BCUT2D eigenvalue weighted by atomic mass is 10.0. The zero-order valence-electron chi connectivity index (χ0n) is 9.59. The van der Waals surface area contributed by atoms with Crippen LogP contribution in [0, 0.1) is 0 Å². The maximum Gasteiger partial charge on any atom is 0.153 e. The Labute approximate surface area is 99.5 Å². The number of hydrogen-bond acceptors (Lipinski definition) is 2. The smallest absolute Gasteiger partial charge is 0.153 e. The van der Waals surface area contributed by atoms with Gasteiger partial charge in [-0.05, 0) is 23.3 Å². The average Bonchev–Trinajstić information content (AvgIpc) is 2.66. The van der Waals surface area contributed by atoms with Crippen LogP contribution in [0.3, 0.4) is 0 Å². The molecule has 84 valence electrons. The minimum Gasteiger partial charge on any atom is -0.382 e. The molecule has 0 bridgehead atoms. The van der Waals surface area contributed by atoms with Gasteiger partial charge in [0.05, 0.1) is 5.52 Å². The molecule has 3 aromatic rings. The third-order valence-electron chi connectivity index (χ3n) is 2.99. The van der Waals surface area contributed by atoms with Gasteiger partial charge in [-0.25, -0.2) is 0 Å². The van der Waals surface area contributed by atoms with Crippen molar-refractivity contribution in [1.82, 2.24) is 9.78 Å². The van der Waals surface area contributed by atoms with E-state index in [1.54, 1.807) is 4.68 Å². The first-order chi connectivity index (χ1) is 8.25. The number of fused-ring (bicyclic) bond motifs is 1. The topological polar surface area (TPSA) is 43.8 Å². The van der Waals surface area contributed by atoms with Gasteiger partial charge in [0.2, 0.25) is 0 Å². The molecule has 0 spiro atoms. The van der Waals surface area contributed by atoms with Gasteiger partial charge in [0, 0.05) is 12.4 Å². The van der Waals surface area contributed by atoms with Crippen molar-refractivity contribution in [1.29, 1.82) is 0 Å². The zero-order valence-corrected chi connectivity index (χ0v) is 9.59. The van der Waals surface area contributed by atoms with Crippen LogP contribution in [0.5, 0.6) is 0 Å². The molecule has 0 amide bonds. The van der Waals surface area contributed by atoms with Crippen molar-refractivity contribution in [2.75, 3.05) is 5.73 Å². The first-order valence-corrected chi connectivity index (χ1v) is 5.53. The molecule has 2 aromatic carbocycles. The van der Waals surface area contributed by atoms with E-state index in [0.717, 1.165) is 16.5 Å². The summed E-state index contributed by atoms with van der Waals surface area (Å²) in [5.41, 5.74) is 9.31. The Bertz CT molecular complexity index is 669. The molecule has 3 rings (SSSR count). The Hall–Kier alpha value is -2.29. The molecule has 2 N–H and O–H groups in total. The molecule has 0 saturated carbocycles. The largest absolute Gasteiger partial charge is 0.382 e. The van der Waals surface area contributed by atoms with Gasteiger partial charge in [0.15, 0.2) is 5.82 Å². The highest BCUT2D eigenvalue weighted by Gasteiger charge is 2.06. The highest BCUT2D eigenvalue weighted by molar-refractivity contribution is 5.92. The molecule has 0 aliphatic heterocycles. The lowest BCUT2D eigenvalue weighted by Gasteiger charge is -2.02. The van der Waals surface area contributed by atoms with Crippen LogP contribution in [0.15, 0.2) is 48.5 Å². The predicted molar refractivity (Wildman–Crippen MR) is 70.6 cm³/mol. The Morgan fingerprint density at radius 3 is 2.53 bits per heavy atom. The molecule has 1 heterocycles. The number of nitrogens with two attached hydrogens (primary N) is 1. The van der Waals surface area contributed by atoms with Gasteiger partial charge in [-0.15, -0.1) is 0 Å². The Morgan fingerprint density at radius 1 is 1.00 bits per heavy atom. The highest BCUT2D eigenvalue weighted by atomic mass is 15.3. The molecule has 1 aromatic heterocycles. The molecule has 17 heavy (non-hydrogen) atoms. The van der Waals surface area contributed by atoms with Gasteiger partial charge in [-0.2, -0.15) is 5.10 Å². The van der Waals surface area contributed by atoms with E-state index >= 15 is 0 Å². The Balaban J connectivity index is 2.24. The zero-order chi connectivity index (χ0) is 11.8. The van der Waals surface area contributed by atoms with Crippen molar-refractivity contribution >= 4 is 16.7 Å². The van der Waals surface area contributed by atoms with Crippen LogP contribution in [0.2, 0.25) is 0 Å². The van der Waals surface area contributed by atoms with Gasteiger partial charge in [-0.3, -0.25) is 4.68 Å². The molecule has 0 atom stereocenters. The average molecular weight is 223 g/mol. The van der Waals surface area contributed by atoms with Crippen molar-refractivity contribution in [2.45, 2.75) is 0 Å². The summed E-state index contributed by atoms with van der Waals surface area (Å²) in [7, 11) is 1.90. The molecule has 0 radical (unpaired) electrons. The van der Waals surface area contributed by atoms with Crippen molar-refractivity contribution < 1.29 is 0 Å². The van der Waals surface area contributed by atoms with E-state index in [-0.39, 0.29) is 0 Å². The van der Waals surface area contributed by atoms with Crippen LogP contribution < -0.4 is 5.73 Å². The van der Waals surface area contributed by atoms with Gasteiger partial charge in [0.1, 0.15) is 0 Å². The number of anilines is 1. The summed E-state index contributed by atoms with van der Waals surface area (Å²) in [6.07, 6.45) is 0. The molecule has 0 saturated heterocycles. The maximum atomic E-state index is 5.89. The van der Waals surface area contributed by atoms with Crippen molar-refractivity contribution in [3.05, 3.63) is 48.5 Å². The molecule has 0 unspecified atom stereocenters. The van der Waals surface area contributed by atoms with Crippen LogP contribution in [0.1, 0.15) is 0 Å². The summed E-state index contributed by atoms with van der Waals surface area (Å²) >= 11 is 0. The fourth-order valence-electron chi connectivity index (χ4n) is 2.10.